The SMILES string of the molecule is Cc1cccc(OCc2nn3c(C(C)C)nnc3s2)c1. The van der Waals surface area contributed by atoms with Crippen LogP contribution in [0.25, 0.3) is 4.96 Å². The van der Waals surface area contributed by atoms with E-state index in [1.54, 1.807) is 0 Å². The van der Waals surface area contributed by atoms with E-state index in [4.69, 9.17) is 4.74 Å². The van der Waals surface area contributed by atoms with Crippen LogP contribution in [-0.4, -0.2) is 19.8 Å². The molecule has 0 fully saturated rings. The molecular weight excluding hydrogens is 272 g/mol. The van der Waals surface area contributed by atoms with Gasteiger partial charge in [0.2, 0.25) is 4.96 Å². The van der Waals surface area contributed by atoms with Gasteiger partial charge in [-0.25, -0.2) is 0 Å². The normalized spacial score (nSPS) is 11.4. The van der Waals surface area contributed by atoms with Crippen molar-refractivity contribution in [1.82, 2.24) is 19.8 Å². The molecular formula is C14H16N4OS. The van der Waals surface area contributed by atoms with Crippen LogP contribution in [0.5, 0.6) is 5.75 Å². The van der Waals surface area contributed by atoms with Crippen LogP contribution < -0.4 is 4.74 Å². The molecule has 104 valence electrons. The minimum absolute atomic E-state index is 0.303. The summed E-state index contributed by atoms with van der Waals surface area (Å²) in [6.07, 6.45) is 0. The Morgan fingerprint density at radius 3 is 2.90 bits per heavy atom. The molecule has 0 saturated heterocycles. The summed E-state index contributed by atoms with van der Waals surface area (Å²) in [5.41, 5.74) is 1.18. The Hall–Kier alpha value is -1.95. The highest BCUT2D eigenvalue weighted by Crippen LogP contribution is 2.20. The Labute approximate surface area is 121 Å². The van der Waals surface area contributed by atoms with E-state index in [1.165, 1.54) is 16.9 Å². The van der Waals surface area contributed by atoms with Crippen LogP contribution in [0.1, 0.15) is 36.2 Å². The molecule has 20 heavy (non-hydrogen) atoms. The molecule has 0 aliphatic rings. The minimum atomic E-state index is 0.303. The van der Waals surface area contributed by atoms with Gasteiger partial charge < -0.3 is 4.74 Å². The Morgan fingerprint density at radius 2 is 2.15 bits per heavy atom. The van der Waals surface area contributed by atoms with E-state index in [-0.39, 0.29) is 0 Å². The quantitative estimate of drug-likeness (QED) is 0.740. The second-order valence-corrected chi connectivity index (χ2v) is 6.05. The predicted molar refractivity (Wildman–Crippen MR) is 78.3 cm³/mol. The van der Waals surface area contributed by atoms with Gasteiger partial charge in [0.25, 0.3) is 0 Å². The molecule has 0 spiro atoms. The summed E-state index contributed by atoms with van der Waals surface area (Å²) in [6, 6.07) is 8.00. The fourth-order valence-corrected chi connectivity index (χ4v) is 2.69. The second-order valence-electron chi connectivity index (χ2n) is 5.01. The van der Waals surface area contributed by atoms with Gasteiger partial charge in [-0.1, -0.05) is 37.3 Å². The van der Waals surface area contributed by atoms with E-state index in [0.717, 1.165) is 21.5 Å². The van der Waals surface area contributed by atoms with Crippen LogP contribution in [0.4, 0.5) is 0 Å². The third-order valence-corrected chi connectivity index (χ3v) is 3.80. The lowest BCUT2D eigenvalue weighted by atomic mass is 10.2. The molecule has 0 radical (unpaired) electrons. The Bertz CT molecular complexity index is 732. The van der Waals surface area contributed by atoms with E-state index in [9.17, 15) is 0 Å². The lowest BCUT2D eigenvalue weighted by molar-refractivity contribution is 0.303. The standard InChI is InChI=1S/C14H16N4OS/c1-9(2)13-15-16-14-18(13)17-12(20-14)8-19-11-6-4-5-10(3)7-11/h4-7,9H,8H2,1-3H3. The predicted octanol–water partition coefficient (Wildman–Crippen LogP) is 3.20. The summed E-state index contributed by atoms with van der Waals surface area (Å²) in [6.45, 7) is 6.66. The zero-order chi connectivity index (χ0) is 14.1. The van der Waals surface area contributed by atoms with E-state index < -0.39 is 0 Å². The van der Waals surface area contributed by atoms with Crippen molar-refractivity contribution in [3.63, 3.8) is 0 Å². The Morgan fingerprint density at radius 1 is 1.30 bits per heavy atom. The molecule has 6 heteroatoms. The zero-order valence-electron chi connectivity index (χ0n) is 11.7. The Balaban J connectivity index is 1.78. The van der Waals surface area contributed by atoms with Gasteiger partial charge >= 0.3 is 0 Å². The van der Waals surface area contributed by atoms with Crippen molar-refractivity contribution in [3.05, 3.63) is 40.7 Å². The molecule has 0 unspecified atom stereocenters. The zero-order valence-corrected chi connectivity index (χ0v) is 12.5. The van der Waals surface area contributed by atoms with Crippen LogP contribution in [0.2, 0.25) is 0 Å². The highest BCUT2D eigenvalue weighted by atomic mass is 32.1. The first-order valence-corrected chi connectivity index (χ1v) is 7.35. The van der Waals surface area contributed by atoms with Crippen molar-refractivity contribution in [2.75, 3.05) is 0 Å². The van der Waals surface area contributed by atoms with Crippen LogP contribution >= 0.6 is 11.3 Å². The van der Waals surface area contributed by atoms with E-state index in [2.05, 4.69) is 29.1 Å². The van der Waals surface area contributed by atoms with Crippen molar-refractivity contribution < 1.29 is 4.74 Å². The number of benzene rings is 1. The van der Waals surface area contributed by atoms with E-state index in [1.807, 2.05) is 35.7 Å². The highest BCUT2D eigenvalue weighted by Gasteiger charge is 2.14. The molecule has 5 nitrogen and oxygen atoms in total. The summed E-state index contributed by atoms with van der Waals surface area (Å²) in [5, 5.41) is 13.7. The molecule has 0 amide bonds. The first kappa shape index (κ1) is 13.1. The van der Waals surface area contributed by atoms with Gasteiger partial charge in [-0.15, -0.1) is 10.2 Å². The average Bonchev–Trinajstić information content (AvgIpc) is 2.95. The minimum Gasteiger partial charge on any atom is -0.486 e. The molecule has 0 bridgehead atoms. The summed E-state index contributed by atoms with van der Waals surface area (Å²) in [4.78, 5) is 0.816. The first-order valence-electron chi connectivity index (χ1n) is 6.54. The van der Waals surface area contributed by atoms with Crippen LogP contribution in [0, 0.1) is 6.92 Å². The maximum Gasteiger partial charge on any atom is 0.234 e. The topological polar surface area (TPSA) is 52.3 Å². The molecule has 0 N–H and O–H groups in total. The molecule has 3 rings (SSSR count). The Kier molecular flexibility index (Phi) is 3.40. The van der Waals surface area contributed by atoms with Gasteiger partial charge in [0.1, 0.15) is 12.4 Å². The third kappa shape index (κ3) is 2.51. The summed E-state index contributed by atoms with van der Waals surface area (Å²) >= 11 is 1.51. The van der Waals surface area contributed by atoms with E-state index in [0.29, 0.717) is 12.5 Å². The number of aromatic nitrogens is 4. The molecule has 0 saturated carbocycles. The molecule has 0 aliphatic carbocycles. The number of rotatable bonds is 4. The van der Waals surface area contributed by atoms with Crippen molar-refractivity contribution in [3.8, 4) is 5.75 Å². The first-order chi connectivity index (χ1) is 9.63. The van der Waals surface area contributed by atoms with Crippen molar-refractivity contribution in [2.45, 2.75) is 33.3 Å². The lowest BCUT2D eigenvalue weighted by Crippen LogP contribution is -2.00. The smallest absolute Gasteiger partial charge is 0.234 e. The largest absolute Gasteiger partial charge is 0.486 e. The monoisotopic (exact) mass is 288 g/mol. The van der Waals surface area contributed by atoms with Crippen LogP contribution in [0.3, 0.4) is 0 Å². The van der Waals surface area contributed by atoms with Gasteiger partial charge in [-0.2, -0.15) is 9.61 Å². The van der Waals surface area contributed by atoms with Crippen molar-refractivity contribution in [2.24, 2.45) is 0 Å². The van der Waals surface area contributed by atoms with E-state index >= 15 is 0 Å². The third-order valence-electron chi connectivity index (χ3n) is 2.93. The second kappa shape index (κ2) is 5.20. The summed E-state index contributed by atoms with van der Waals surface area (Å²) < 4.78 is 7.57. The van der Waals surface area contributed by atoms with Gasteiger partial charge in [-0.3, -0.25) is 0 Å². The molecule has 2 heterocycles. The van der Waals surface area contributed by atoms with Crippen LogP contribution in [-0.2, 0) is 6.61 Å². The molecule has 2 aromatic heterocycles. The number of nitrogens with zero attached hydrogens (tertiary/aromatic N) is 4. The molecule has 3 aromatic rings. The fraction of sp³-hybridized carbons (Fsp3) is 0.357. The molecule has 0 atom stereocenters. The summed E-state index contributed by atoms with van der Waals surface area (Å²) in [7, 11) is 0. The maximum atomic E-state index is 5.76. The molecule has 1 aromatic carbocycles. The van der Waals surface area contributed by atoms with Crippen LogP contribution in [0.15, 0.2) is 24.3 Å². The van der Waals surface area contributed by atoms with Crippen molar-refractivity contribution >= 4 is 16.3 Å². The molecule has 0 aliphatic heterocycles. The fourth-order valence-electron chi connectivity index (χ4n) is 1.94. The number of hydrogen-bond donors (Lipinski definition) is 0. The number of hydrogen-bond acceptors (Lipinski definition) is 5. The van der Waals surface area contributed by atoms with Gasteiger partial charge in [0.15, 0.2) is 10.8 Å². The van der Waals surface area contributed by atoms with Gasteiger partial charge in [-0.05, 0) is 24.6 Å². The van der Waals surface area contributed by atoms with Gasteiger partial charge in [0, 0.05) is 5.92 Å². The summed E-state index contributed by atoms with van der Waals surface area (Å²) in [5.74, 6) is 2.05. The maximum absolute atomic E-state index is 5.76. The number of aryl methyl sites for hydroxylation is 1. The number of fused-ring (bicyclic) bond motifs is 1. The average molecular weight is 288 g/mol. The lowest BCUT2D eigenvalue weighted by Gasteiger charge is -2.04. The van der Waals surface area contributed by atoms with Gasteiger partial charge in [0.05, 0.1) is 0 Å². The van der Waals surface area contributed by atoms with Crippen molar-refractivity contribution in [1.29, 1.82) is 0 Å². The highest BCUT2D eigenvalue weighted by molar-refractivity contribution is 7.16. The number of ether oxygens (including phenoxy) is 1.